The number of nitrogens with one attached hydrogen (secondary N) is 1. The van der Waals surface area contributed by atoms with Crippen molar-refractivity contribution in [1.82, 2.24) is 15.4 Å². The van der Waals surface area contributed by atoms with Crippen molar-refractivity contribution in [3.05, 3.63) is 72.2 Å². The van der Waals surface area contributed by atoms with Crippen LogP contribution in [-0.4, -0.2) is 49.3 Å². The summed E-state index contributed by atoms with van der Waals surface area (Å²) in [7, 11) is 1.91. The van der Waals surface area contributed by atoms with E-state index < -0.39 is 0 Å². The van der Waals surface area contributed by atoms with Gasteiger partial charge in [0.25, 0.3) is 0 Å². The molecule has 2 aromatic carbocycles. The van der Waals surface area contributed by atoms with Crippen molar-refractivity contribution in [3.63, 3.8) is 0 Å². The molecule has 30 heavy (non-hydrogen) atoms. The van der Waals surface area contributed by atoms with Crippen LogP contribution >= 0.6 is 0 Å². The van der Waals surface area contributed by atoms with Crippen LogP contribution in [0, 0.1) is 5.82 Å². The maximum atomic E-state index is 12.8. The summed E-state index contributed by atoms with van der Waals surface area (Å²) >= 11 is 0. The molecule has 0 radical (unpaired) electrons. The number of aromatic nitrogens is 1. The minimum atomic E-state index is -0.307. The molecule has 158 valence electrons. The van der Waals surface area contributed by atoms with Gasteiger partial charge in [-0.3, -0.25) is 9.69 Å². The van der Waals surface area contributed by atoms with E-state index in [-0.39, 0.29) is 11.7 Å². The van der Waals surface area contributed by atoms with Crippen LogP contribution in [-0.2, 0) is 11.2 Å². The highest BCUT2D eigenvalue weighted by molar-refractivity contribution is 5.77. The lowest BCUT2D eigenvalue weighted by molar-refractivity contribution is -0.122. The predicted molar refractivity (Wildman–Crippen MR) is 113 cm³/mol. The first kappa shape index (κ1) is 21.5. The van der Waals surface area contributed by atoms with E-state index in [1.807, 2.05) is 48.3 Å². The molecule has 0 aliphatic heterocycles. The lowest BCUT2D eigenvalue weighted by Gasteiger charge is -2.15. The molecular formula is C23H26FN3O3. The van der Waals surface area contributed by atoms with Gasteiger partial charge in [-0.05, 0) is 44.3 Å². The van der Waals surface area contributed by atoms with Gasteiger partial charge in [0.2, 0.25) is 5.91 Å². The van der Waals surface area contributed by atoms with E-state index in [1.165, 1.54) is 12.1 Å². The van der Waals surface area contributed by atoms with Crippen LogP contribution in [0.15, 0.2) is 65.2 Å². The highest BCUT2D eigenvalue weighted by Crippen LogP contribution is 2.19. The van der Waals surface area contributed by atoms with Gasteiger partial charge >= 0.3 is 0 Å². The Morgan fingerprint density at radius 2 is 1.93 bits per heavy atom. The summed E-state index contributed by atoms with van der Waals surface area (Å²) < 4.78 is 23.7. The zero-order valence-corrected chi connectivity index (χ0v) is 17.0. The molecule has 1 heterocycles. The second-order valence-corrected chi connectivity index (χ2v) is 7.04. The summed E-state index contributed by atoms with van der Waals surface area (Å²) in [5.74, 6) is 1.04. The zero-order valence-electron chi connectivity index (χ0n) is 17.0. The van der Waals surface area contributed by atoms with Gasteiger partial charge in [0, 0.05) is 18.1 Å². The Morgan fingerprint density at radius 3 is 2.70 bits per heavy atom. The number of hydrogen-bond donors (Lipinski definition) is 1. The van der Waals surface area contributed by atoms with Crippen molar-refractivity contribution in [3.8, 4) is 17.0 Å². The van der Waals surface area contributed by atoms with Crippen LogP contribution in [0.3, 0.4) is 0 Å². The number of halogens is 1. The first-order valence-electron chi connectivity index (χ1n) is 9.95. The van der Waals surface area contributed by atoms with Gasteiger partial charge in [-0.15, -0.1) is 0 Å². The third-order valence-electron chi connectivity index (χ3n) is 4.51. The minimum Gasteiger partial charge on any atom is -0.492 e. The predicted octanol–water partition coefficient (Wildman–Crippen LogP) is 3.54. The number of rotatable bonds is 11. The zero-order chi connectivity index (χ0) is 21.2. The molecule has 0 unspecified atom stereocenters. The van der Waals surface area contributed by atoms with Crippen molar-refractivity contribution in [2.24, 2.45) is 0 Å². The van der Waals surface area contributed by atoms with Crippen LogP contribution in [0.2, 0.25) is 0 Å². The third kappa shape index (κ3) is 7.00. The van der Waals surface area contributed by atoms with Crippen LogP contribution in [0.25, 0.3) is 11.3 Å². The lowest BCUT2D eigenvalue weighted by Crippen LogP contribution is -2.37. The normalized spacial score (nSPS) is 10.9. The maximum absolute atomic E-state index is 12.8. The standard InChI is InChI=1S/C23H26FN3O3/c1-27(17-23(28)25-13-15-29-20-11-9-19(24)10-12-20)14-5-8-21-16-22(26-30-21)18-6-3-2-4-7-18/h2-4,6-7,9-12,16H,5,8,13-15,17H2,1H3,(H,25,28). The molecule has 0 fully saturated rings. The average molecular weight is 411 g/mol. The molecule has 0 atom stereocenters. The van der Waals surface area contributed by atoms with Crippen molar-refractivity contribution in [2.45, 2.75) is 12.8 Å². The number of nitrogens with zero attached hydrogens (tertiary/aromatic N) is 2. The summed E-state index contributed by atoms with van der Waals surface area (Å²) in [5, 5.41) is 6.93. The summed E-state index contributed by atoms with van der Waals surface area (Å²) in [6, 6.07) is 17.7. The lowest BCUT2D eigenvalue weighted by atomic mass is 10.1. The van der Waals surface area contributed by atoms with E-state index in [0.717, 1.165) is 36.4 Å². The van der Waals surface area contributed by atoms with Crippen LogP contribution in [0.1, 0.15) is 12.2 Å². The number of carbonyl (C=O) groups excluding carboxylic acids is 1. The number of hydrogen-bond acceptors (Lipinski definition) is 5. The van der Waals surface area contributed by atoms with Crippen LogP contribution < -0.4 is 10.1 Å². The molecule has 0 spiro atoms. The van der Waals surface area contributed by atoms with Crippen molar-refractivity contribution < 1.29 is 18.4 Å². The minimum absolute atomic E-state index is 0.0637. The molecular weight excluding hydrogens is 385 g/mol. The second-order valence-electron chi connectivity index (χ2n) is 7.04. The molecule has 6 nitrogen and oxygen atoms in total. The van der Waals surface area contributed by atoms with Gasteiger partial charge in [0.1, 0.15) is 29.6 Å². The molecule has 0 aliphatic rings. The molecule has 1 aromatic heterocycles. The highest BCUT2D eigenvalue weighted by Gasteiger charge is 2.09. The fraction of sp³-hybridized carbons (Fsp3) is 0.304. The molecule has 7 heteroatoms. The molecule has 1 N–H and O–H groups in total. The quantitative estimate of drug-likeness (QED) is 0.489. The topological polar surface area (TPSA) is 67.6 Å². The van der Waals surface area contributed by atoms with E-state index in [0.29, 0.717) is 25.4 Å². The van der Waals surface area contributed by atoms with Gasteiger partial charge in [-0.25, -0.2) is 4.39 Å². The molecule has 0 saturated carbocycles. The monoisotopic (exact) mass is 411 g/mol. The number of amides is 1. The van der Waals surface area contributed by atoms with E-state index in [2.05, 4.69) is 10.5 Å². The van der Waals surface area contributed by atoms with E-state index >= 15 is 0 Å². The van der Waals surface area contributed by atoms with Crippen molar-refractivity contribution in [1.29, 1.82) is 0 Å². The number of benzene rings is 2. The number of ether oxygens (including phenoxy) is 1. The highest BCUT2D eigenvalue weighted by atomic mass is 19.1. The van der Waals surface area contributed by atoms with E-state index in [1.54, 1.807) is 12.1 Å². The van der Waals surface area contributed by atoms with Gasteiger partial charge < -0.3 is 14.6 Å². The Labute approximate surface area is 175 Å². The Hall–Kier alpha value is -3.19. The van der Waals surface area contributed by atoms with Gasteiger partial charge in [0.15, 0.2) is 0 Å². The Kier molecular flexibility index (Phi) is 7.97. The van der Waals surface area contributed by atoms with Crippen LogP contribution in [0.5, 0.6) is 5.75 Å². The van der Waals surface area contributed by atoms with Gasteiger partial charge in [-0.2, -0.15) is 0 Å². The fourth-order valence-electron chi connectivity index (χ4n) is 2.97. The van der Waals surface area contributed by atoms with E-state index in [9.17, 15) is 9.18 Å². The molecule has 0 aliphatic carbocycles. The van der Waals surface area contributed by atoms with Gasteiger partial charge in [-0.1, -0.05) is 35.5 Å². The summed E-state index contributed by atoms with van der Waals surface area (Å²) in [6.07, 6.45) is 1.62. The molecule has 1 amide bonds. The SMILES string of the molecule is CN(CCCc1cc(-c2ccccc2)no1)CC(=O)NCCOc1ccc(F)cc1. The van der Waals surface area contributed by atoms with Gasteiger partial charge in [0.05, 0.1) is 13.1 Å². The smallest absolute Gasteiger partial charge is 0.234 e. The second kappa shape index (κ2) is 11.1. The Bertz CT molecular complexity index is 913. The molecule has 3 rings (SSSR count). The first-order valence-corrected chi connectivity index (χ1v) is 9.95. The van der Waals surface area contributed by atoms with Crippen molar-refractivity contribution >= 4 is 5.91 Å². The van der Waals surface area contributed by atoms with E-state index in [4.69, 9.17) is 9.26 Å². The first-order chi connectivity index (χ1) is 14.6. The molecule has 0 saturated heterocycles. The number of likely N-dealkylation sites (N-methyl/N-ethyl adjacent to an activating group) is 1. The fourth-order valence-corrected chi connectivity index (χ4v) is 2.97. The molecule has 0 bridgehead atoms. The summed E-state index contributed by atoms with van der Waals surface area (Å²) in [6.45, 7) is 1.80. The third-order valence-corrected chi connectivity index (χ3v) is 4.51. The maximum Gasteiger partial charge on any atom is 0.234 e. The summed E-state index contributed by atoms with van der Waals surface area (Å²) in [5.41, 5.74) is 1.87. The largest absolute Gasteiger partial charge is 0.492 e. The Balaban J connectivity index is 1.29. The average Bonchev–Trinajstić information content (AvgIpc) is 3.22. The molecule has 3 aromatic rings. The summed E-state index contributed by atoms with van der Waals surface area (Å²) in [4.78, 5) is 14.0. The number of aryl methyl sites for hydroxylation is 1. The van der Waals surface area contributed by atoms with Crippen molar-refractivity contribution in [2.75, 3.05) is 33.3 Å². The number of carbonyl (C=O) groups is 1. The van der Waals surface area contributed by atoms with Crippen LogP contribution in [0.4, 0.5) is 4.39 Å². The Morgan fingerprint density at radius 1 is 1.17 bits per heavy atom.